The lowest BCUT2D eigenvalue weighted by Gasteiger charge is -2.36. The third kappa shape index (κ3) is 3.05. The monoisotopic (exact) mass is 281 g/mol. The number of nitrogens with one attached hydrogen (secondary N) is 1. The number of rotatable bonds is 2. The van der Waals surface area contributed by atoms with E-state index in [0.717, 1.165) is 18.0 Å². The Labute approximate surface area is 127 Å². The largest absolute Gasteiger partial charge is 0.457 e. The average molecular weight is 281 g/mol. The van der Waals surface area contributed by atoms with Gasteiger partial charge in [0.25, 0.3) is 0 Å². The maximum Gasteiger partial charge on any atom is 0.127 e. The molecular formula is C19H23NO. The van der Waals surface area contributed by atoms with Crippen LogP contribution in [0.2, 0.25) is 0 Å². The van der Waals surface area contributed by atoms with E-state index in [2.05, 4.69) is 38.2 Å². The van der Waals surface area contributed by atoms with Crippen LogP contribution < -0.4 is 10.1 Å². The number of fused-ring (bicyclic) bond motifs is 1. The lowest BCUT2D eigenvalue weighted by Crippen LogP contribution is -2.26. The summed E-state index contributed by atoms with van der Waals surface area (Å²) in [6.07, 6.45) is 1.17. The van der Waals surface area contributed by atoms with Crippen LogP contribution in [-0.4, -0.2) is 6.54 Å². The summed E-state index contributed by atoms with van der Waals surface area (Å²) in [5.74, 6) is 2.36. The van der Waals surface area contributed by atoms with Crippen LogP contribution in [-0.2, 0) is 0 Å². The smallest absolute Gasteiger partial charge is 0.127 e. The van der Waals surface area contributed by atoms with Crippen molar-refractivity contribution in [3.05, 3.63) is 54.1 Å². The van der Waals surface area contributed by atoms with Crippen LogP contribution >= 0.6 is 0 Å². The molecule has 1 aliphatic rings. The Morgan fingerprint density at radius 1 is 1.00 bits per heavy atom. The quantitative estimate of drug-likeness (QED) is 0.793. The molecule has 0 aromatic heterocycles. The third-order valence-corrected chi connectivity index (χ3v) is 4.17. The van der Waals surface area contributed by atoms with Crippen LogP contribution in [0.15, 0.2) is 48.5 Å². The molecule has 1 N–H and O–H groups in total. The second-order valence-electron chi connectivity index (χ2n) is 6.80. The fraction of sp³-hybridized carbons (Fsp3) is 0.368. The minimum absolute atomic E-state index is 0.266. The van der Waals surface area contributed by atoms with Crippen molar-refractivity contribution in [3.8, 4) is 11.5 Å². The maximum absolute atomic E-state index is 5.98. The van der Waals surface area contributed by atoms with Crippen molar-refractivity contribution < 1.29 is 4.74 Å². The van der Waals surface area contributed by atoms with E-state index in [0.29, 0.717) is 5.92 Å². The summed E-state index contributed by atoms with van der Waals surface area (Å²) in [6.45, 7) is 8.00. The molecule has 0 amide bonds. The van der Waals surface area contributed by atoms with Crippen molar-refractivity contribution in [3.63, 3.8) is 0 Å². The Morgan fingerprint density at radius 3 is 2.48 bits per heavy atom. The SMILES string of the molecule is CC(C)(C)C1CCNc2ccc(Oc3ccccc3)cc21. The predicted octanol–water partition coefficient (Wildman–Crippen LogP) is 5.42. The van der Waals surface area contributed by atoms with Gasteiger partial charge in [0.1, 0.15) is 11.5 Å². The third-order valence-electron chi connectivity index (χ3n) is 4.17. The molecule has 2 nitrogen and oxygen atoms in total. The highest BCUT2D eigenvalue weighted by atomic mass is 16.5. The molecule has 0 saturated carbocycles. The molecule has 2 aromatic rings. The van der Waals surface area contributed by atoms with Gasteiger partial charge in [-0.15, -0.1) is 0 Å². The summed E-state index contributed by atoms with van der Waals surface area (Å²) < 4.78 is 5.98. The molecule has 1 aliphatic heterocycles. The average Bonchev–Trinajstić information content (AvgIpc) is 2.46. The Kier molecular flexibility index (Phi) is 3.62. The van der Waals surface area contributed by atoms with Crippen LogP contribution in [0, 0.1) is 5.41 Å². The van der Waals surface area contributed by atoms with Crippen molar-refractivity contribution in [2.24, 2.45) is 5.41 Å². The molecule has 1 unspecified atom stereocenters. The van der Waals surface area contributed by atoms with Crippen molar-refractivity contribution in [2.45, 2.75) is 33.1 Å². The second-order valence-corrected chi connectivity index (χ2v) is 6.80. The highest BCUT2D eigenvalue weighted by Crippen LogP contribution is 2.44. The minimum atomic E-state index is 0.266. The van der Waals surface area contributed by atoms with Crippen LogP contribution in [0.1, 0.15) is 38.7 Å². The van der Waals surface area contributed by atoms with Gasteiger partial charge >= 0.3 is 0 Å². The van der Waals surface area contributed by atoms with Gasteiger partial charge in [0.15, 0.2) is 0 Å². The van der Waals surface area contributed by atoms with Gasteiger partial charge in [0.05, 0.1) is 0 Å². The molecule has 0 bridgehead atoms. The molecule has 110 valence electrons. The first-order chi connectivity index (χ1) is 10.0. The minimum Gasteiger partial charge on any atom is -0.457 e. The maximum atomic E-state index is 5.98. The van der Waals surface area contributed by atoms with Crippen LogP contribution in [0.25, 0.3) is 0 Å². The van der Waals surface area contributed by atoms with Crippen molar-refractivity contribution in [2.75, 3.05) is 11.9 Å². The molecule has 3 rings (SSSR count). The van der Waals surface area contributed by atoms with Gasteiger partial charge in [-0.2, -0.15) is 0 Å². The summed E-state index contributed by atoms with van der Waals surface area (Å²) in [4.78, 5) is 0. The molecule has 1 atom stereocenters. The molecule has 0 spiro atoms. The van der Waals surface area contributed by atoms with Crippen LogP contribution in [0.4, 0.5) is 5.69 Å². The first-order valence-corrected chi connectivity index (χ1v) is 7.65. The normalized spacial score (nSPS) is 17.8. The van der Waals surface area contributed by atoms with E-state index in [1.165, 1.54) is 17.7 Å². The highest BCUT2D eigenvalue weighted by molar-refractivity contribution is 5.58. The first-order valence-electron chi connectivity index (χ1n) is 7.65. The molecule has 21 heavy (non-hydrogen) atoms. The fourth-order valence-corrected chi connectivity index (χ4v) is 3.08. The van der Waals surface area contributed by atoms with Crippen molar-refractivity contribution >= 4 is 5.69 Å². The summed E-state index contributed by atoms with van der Waals surface area (Å²) >= 11 is 0. The van der Waals surface area contributed by atoms with Gasteiger partial charge in [0, 0.05) is 12.2 Å². The Balaban J connectivity index is 1.92. The molecule has 0 aliphatic carbocycles. The molecule has 2 heteroatoms. The number of anilines is 1. The first kappa shape index (κ1) is 14.0. The molecule has 1 heterocycles. The van der Waals surface area contributed by atoms with Crippen LogP contribution in [0.5, 0.6) is 11.5 Å². The zero-order chi connectivity index (χ0) is 14.9. The predicted molar refractivity (Wildman–Crippen MR) is 88.3 cm³/mol. The van der Waals surface area contributed by atoms with E-state index in [1.807, 2.05) is 36.4 Å². The van der Waals surface area contributed by atoms with E-state index in [9.17, 15) is 0 Å². The van der Waals surface area contributed by atoms with Gasteiger partial charge in [-0.3, -0.25) is 0 Å². The summed E-state index contributed by atoms with van der Waals surface area (Å²) in [7, 11) is 0. The summed E-state index contributed by atoms with van der Waals surface area (Å²) in [6, 6.07) is 16.3. The Bertz CT molecular complexity index is 613. The van der Waals surface area contributed by atoms with Crippen molar-refractivity contribution in [1.29, 1.82) is 0 Å². The van der Waals surface area contributed by atoms with E-state index in [1.54, 1.807) is 0 Å². The molecule has 0 radical (unpaired) electrons. The van der Waals surface area contributed by atoms with Crippen molar-refractivity contribution in [1.82, 2.24) is 0 Å². The lowest BCUT2D eigenvalue weighted by atomic mass is 9.73. The standard InChI is InChI=1S/C19H23NO/c1-19(2,3)17-11-12-20-18-10-9-15(13-16(17)18)21-14-7-5-4-6-8-14/h4-10,13,17,20H,11-12H2,1-3H3. The number of hydrogen-bond acceptors (Lipinski definition) is 2. The van der Waals surface area contributed by atoms with E-state index >= 15 is 0 Å². The Morgan fingerprint density at radius 2 is 1.76 bits per heavy atom. The van der Waals surface area contributed by atoms with Crippen LogP contribution in [0.3, 0.4) is 0 Å². The Hall–Kier alpha value is -1.96. The lowest BCUT2D eigenvalue weighted by molar-refractivity contribution is 0.305. The van der Waals surface area contributed by atoms with Gasteiger partial charge in [0.2, 0.25) is 0 Å². The number of benzene rings is 2. The summed E-state index contributed by atoms with van der Waals surface area (Å²) in [5.41, 5.74) is 2.89. The van der Waals surface area contributed by atoms with Gasteiger partial charge < -0.3 is 10.1 Å². The summed E-state index contributed by atoms with van der Waals surface area (Å²) in [5, 5.41) is 3.50. The topological polar surface area (TPSA) is 21.3 Å². The fourth-order valence-electron chi connectivity index (χ4n) is 3.08. The van der Waals surface area contributed by atoms with Gasteiger partial charge in [-0.05, 0) is 53.6 Å². The highest BCUT2D eigenvalue weighted by Gasteiger charge is 2.30. The zero-order valence-corrected chi connectivity index (χ0v) is 13.0. The number of ether oxygens (including phenoxy) is 1. The molecule has 0 saturated heterocycles. The second kappa shape index (κ2) is 5.44. The van der Waals surface area contributed by atoms with E-state index in [4.69, 9.17) is 4.74 Å². The van der Waals surface area contributed by atoms with Gasteiger partial charge in [-0.1, -0.05) is 39.0 Å². The zero-order valence-electron chi connectivity index (χ0n) is 13.0. The van der Waals surface area contributed by atoms with Gasteiger partial charge in [-0.25, -0.2) is 0 Å². The molecule has 2 aromatic carbocycles. The number of para-hydroxylation sites is 1. The van der Waals surface area contributed by atoms with E-state index < -0.39 is 0 Å². The number of hydrogen-bond donors (Lipinski definition) is 1. The molecular weight excluding hydrogens is 258 g/mol. The molecule has 0 fully saturated rings. The van der Waals surface area contributed by atoms with E-state index in [-0.39, 0.29) is 5.41 Å².